The van der Waals surface area contributed by atoms with Crippen molar-refractivity contribution in [1.82, 2.24) is 4.98 Å². The van der Waals surface area contributed by atoms with Crippen LogP contribution in [0.25, 0.3) is 0 Å². The molecule has 1 aromatic heterocycles. The molecule has 100 valence electrons. The molecule has 0 N–H and O–H groups in total. The summed E-state index contributed by atoms with van der Waals surface area (Å²) in [4.78, 5) is 14.5. The van der Waals surface area contributed by atoms with Gasteiger partial charge in [0.2, 0.25) is 0 Å². The Hall–Kier alpha value is -1.60. The van der Waals surface area contributed by atoms with Crippen LogP contribution in [0.5, 0.6) is 5.75 Å². The Balaban J connectivity index is 1.79. The number of aryl methyl sites for hydroxylation is 1. The lowest BCUT2D eigenvalue weighted by Gasteiger charge is -2.04. The third-order valence-electron chi connectivity index (χ3n) is 2.20. The van der Waals surface area contributed by atoms with Crippen molar-refractivity contribution in [3.05, 3.63) is 45.5 Å². The Morgan fingerprint density at radius 3 is 3.05 bits per heavy atom. The number of hydrogen-bond acceptors (Lipinski definition) is 6. The predicted molar refractivity (Wildman–Crippen MR) is 76.2 cm³/mol. The van der Waals surface area contributed by atoms with E-state index in [0.717, 1.165) is 15.8 Å². The molecule has 2 aromatic rings. The zero-order chi connectivity index (χ0) is 13.7. The van der Waals surface area contributed by atoms with Crippen LogP contribution in [0.1, 0.15) is 5.69 Å². The van der Waals surface area contributed by atoms with Gasteiger partial charge >= 0.3 is 0 Å². The third kappa shape index (κ3) is 4.22. The first kappa shape index (κ1) is 13.8. The summed E-state index contributed by atoms with van der Waals surface area (Å²) in [6.07, 6.45) is 0. The van der Waals surface area contributed by atoms with Crippen molar-refractivity contribution in [2.75, 3.05) is 12.4 Å². The summed E-state index contributed by atoms with van der Waals surface area (Å²) in [5.41, 5.74) is 1.06. The maximum atomic E-state index is 10.6. The average molecular weight is 296 g/mol. The van der Waals surface area contributed by atoms with Gasteiger partial charge in [-0.15, -0.1) is 11.3 Å². The molecule has 1 heterocycles. The highest BCUT2D eigenvalue weighted by molar-refractivity contribution is 8.01. The zero-order valence-corrected chi connectivity index (χ0v) is 11.9. The van der Waals surface area contributed by atoms with E-state index in [9.17, 15) is 10.1 Å². The van der Waals surface area contributed by atoms with Crippen molar-refractivity contribution < 1.29 is 9.66 Å². The van der Waals surface area contributed by atoms with Gasteiger partial charge < -0.3 is 4.74 Å². The summed E-state index contributed by atoms with van der Waals surface area (Å²) in [6.45, 7) is 2.45. The number of nitro groups is 1. The van der Waals surface area contributed by atoms with Crippen molar-refractivity contribution in [2.24, 2.45) is 0 Å². The molecule has 1 aromatic carbocycles. The fraction of sp³-hybridized carbons (Fsp3) is 0.250. The number of non-ortho nitro benzene ring substituents is 1. The van der Waals surface area contributed by atoms with E-state index in [-0.39, 0.29) is 5.69 Å². The molecule has 0 fully saturated rings. The van der Waals surface area contributed by atoms with Crippen molar-refractivity contribution >= 4 is 28.8 Å². The standard InChI is InChI=1S/C12H12N2O3S2/c1-9-8-19-12(13-9)18-6-5-17-11-4-2-3-10(7-11)14(15)16/h2-4,7-8H,5-6H2,1H3. The van der Waals surface area contributed by atoms with E-state index in [1.165, 1.54) is 12.1 Å². The number of thiazole rings is 1. The Morgan fingerprint density at radius 2 is 2.37 bits per heavy atom. The number of nitro benzene ring substituents is 1. The summed E-state index contributed by atoms with van der Waals surface area (Å²) in [6, 6.07) is 6.20. The molecule has 2 rings (SSSR count). The van der Waals surface area contributed by atoms with E-state index in [0.29, 0.717) is 12.4 Å². The number of ether oxygens (including phenoxy) is 1. The molecule has 0 bridgehead atoms. The Kier molecular flexibility index (Phi) is 4.75. The van der Waals surface area contributed by atoms with E-state index < -0.39 is 4.92 Å². The number of nitrogens with zero attached hydrogens (tertiary/aromatic N) is 2. The quantitative estimate of drug-likeness (QED) is 0.353. The molecule has 0 amide bonds. The summed E-state index contributed by atoms with van der Waals surface area (Å²) in [7, 11) is 0. The average Bonchev–Trinajstić information content (AvgIpc) is 2.81. The number of hydrogen-bond donors (Lipinski definition) is 0. The summed E-state index contributed by atoms with van der Waals surface area (Å²) in [5, 5.41) is 12.6. The van der Waals surface area contributed by atoms with Crippen molar-refractivity contribution in [3.63, 3.8) is 0 Å². The minimum absolute atomic E-state index is 0.0423. The Morgan fingerprint density at radius 1 is 1.53 bits per heavy atom. The molecule has 0 aliphatic carbocycles. The molecule has 19 heavy (non-hydrogen) atoms. The summed E-state index contributed by atoms with van der Waals surface area (Å²) in [5.74, 6) is 1.28. The Bertz CT molecular complexity index is 572. The topological polar surface area (TPSA) is 65.3 Å². The normalized spacial score (nSPS) is 10.4. The smallest absolute Gasteiger partial charge is 0.273 e. The maximum absolute atomic E-state index is 10.6. The molecular formula is C12H12N2O3S2. The van der Waals surface area contributed by atoms with Gasteiger partial charge in [0.25, 0.3) is 5.69 Å². The zero-order valence-electron chi connectivity index (χ0n) is 10.2. The SMILES string of the molecule is Cc1csc(SCCOc2cccc([N+](=O)[O-])c2)n1. The number of thioether (sulfide) groups is 1. The highest BCUT2D eigenvalue weighted by Crippen LogP contribution is 2.23. The third-order valence-corrected chi connectivity index (χ3v) is 4.31. The molecule has 7 heteroatoms. The fourth-order valence-electron chi connectivity index (χ4n) is 1.37. The van der Waals surface area contributed by atoms with E-state index in [1.54, 1.807) is 35.2 Å². The largest absolute Gasteiger partial charge is 0.492 e. The van der Waals surface area contributed by atoms with Crippen LogP contribution < -0.4 is 4.74 Å². The van der Waals surface area contributed by atoms with Gasteiger partial charge in [-0.2, -0.15) is 0 Å². The van der Waals surface area contributed by atoms with Crippen molar-refractivity contribution in [3.8, 4) is 5.75 Å². The first-order valence-corrected chi connectivity index (χ1v) is 7.44. The fourth-order valence-corrected chi connectivity index (χ4v) is 3.11. The summed E-state index contributed by atoms with van der Waals surface area (Å²) < 4.78 is 6.49. The van der Waals surface area contributed by atoms with Crippen LogP contribution in [-0.4, -0.2) is 22.3 Å². The van der Waals surface area contributed by atoms with Gasteiger partial charge in [0.05, 0.1) is 17.6 Å². The molecular weight excluding hydrogens is 284 g/mol. The van der Waals surface area contributed by atoms with Gasteiger partial charge in [-0.1, -0.05) is 17.8 Å². The first-order chi connectivity index (χ1) is 9.15. The van der Waals surface area contributed by atoms with E-state index in [1.807, 2.05) is 12.3 Å². The lowest BCUT2D eigenvalue weighted by atomic mass is 10.3. The van der Waals surface area contributed by atoms with Crippen molar-refractivity contribution in [2.45, 2.75) is 11.3 Å². The molecule has 0 unspecified atom stereocenters. The van der Waals surface area contributed by atoms with Gasteiger partial charge in [-0.05, 0) is 13.0 Å². The second-order valence-electron chi connectivity index (χ2n) is 3.71. The van der Waals surface area contributed by atoms with Gasteiger partial charge in [0.15, 0.2) is 0 Å². The van der Waals surface area contributed by atoms with Crippen LogP contribution in [0, 0.1) is 17.0 Å². The van der Waals surface area contributed by atoms with Gasteiger partial charge in [-0.3, -0.25) is 10.1 Å². The summed E-state index contributed by atoms with van der Waals surface area (Å²) >= 11 is 3.23. The number of benzene rings is 1. The highest BCUT2D eigenvalue weighted by atomic mass is 32.2. The minimum Gasteiger partial charge on any atom is -0.492 e. The van der Waals surface area contributed by atoms with Crippen LogP contribution in [0.4, 0.5) is 5.69 Å². The minimum atomic E-state index is -0.431. The van der Waals surface area contributed by atoms with Crippen LogP contribution in [0.2, 0.25) is 0 Å². The Labute approximate surface area is 118 Å². The molecule has 0 saturated carbocycles. The first-order valence-electron chi connectivity index (χ1n) is 5.57. The van der Waals surface area contributed by atoms with E-state index in [2.05, 4.69) is 4.98 Å². The lowest BCUT2D eigenvalue weighted by Crippen LogP contribution is -2.00. The molecule has 0 aliphatic rings. The second-order valence-corrected chi connectivity index (χ2v) is 5.91. The van der Waals surface area contributed by atoms with Gasteiger partial charge in [0, 0.05) is 22.9 Å². The van der Waals surface area contributed by atoms with E-state index >= 15 is 0 Å². The molecule has 0 radical (unpaired) electrons. The number of aromatic nitrogens is 1. The molecule has 0 aliphatic heterocycles. The number of rotatable bonds is 6. The monoisotopic (exact) mass is 296 g/mol. The maximum Gasteiger partial charge on any atom is 0.273 e. The molecule has 0 atom stereocenters. The van der Waals surface area contributed by atoms with Crippen LogP contribution in [0.3, 0.4) is 0 Å². The van der Waals surface area contributed by atoms with Crippen LogP contribution >= 0.6 is 23.1 Å². The lowest BCUT2D eigenvalue weighted by molar-refractivity contribution is -0.384. The second kappa shape index (κ2) is 6.53. The van der Waals surface area contributed by atoms with Gasteiger partial charge in [0.1, 0.15) is 10.1 Å². The molecule has 0 spiro atoms. The van der Waals surface area contributed by atoms with Crippen molar-refractivity contribution in [1.29, 1.82) is 0 Å². The highest BCUT2D eigenvalue weighted by Gasteiger charge is 2.06. The molecule has 0 saturated heterocycles. The van der Waals surface area contributed by atoms with Crippen LogP contribution in [0.15, 0.2) is 34.0 Å². The van der Waals surface area contributed by atoms with Crippen LogP contribution in [-0.2, 0) is 0 Å². The van der Waals surface area contributed by atoms with Gasteiger partial charge in [-0.25, -0.2) is 4.98 Å². The van der Waals surface area contributed by atoms with E-state index in [4.69, 9.17) is 4.74 Å². The predicted octanol–water partition coefficient (Wildman–Crippen LogP) is 3.53. The molecule has 5 nitrogen and oxygen atoms in total.